The molecule has 3 atom stereocenters. The summed E-state index contributed by atoms with van der Waals surface area (Å²) < 4.78 is 25.7. The molecule has 0 bridgehead atoms. The standard InChI is InChI=1S/C15H27N3O2S/c1-4-9-16-15(14-8-10-17-18(14)2)12-6-5-7-13(11-12)21(3,19)20/h8,10,12-13,15-16H,4-7,9,11H2,1-3H3. The lowest BCUT2D eigenvalue weighted by Gasteiger charge is -2.34. The summed E-state index contributed by atoms with van der Waals surface area (Å²) in [6.07, 6.45) is 7.89. The number of nitrogens with one attached hydrogen (secondary N) is 1. The highest BCUT2D eigenvalue weighted by molar-refractivity contribution is 7.91. The average Bonchev–Trinajstić information content (AvgIpc) is 2.85. The van der Waals surface area contributed by atoms with E-state index < -0.39 is 9.84 Å². The molecular formula is C15H27N3O2S. The van der Waals surface area contributed by atoms with E-state index in [-0.39, 0.29) is 11.3 Å². The van der Waals surface area contributed by atoms with Gasteiger partial charge in [-0.1, -0.05) is 13.3 Å². The Bertz CT molecular complexity index is 553. The van der Waals surface area contributed by atoms with Gasteiger partial charge < -0.3 is 5.32 Å². The van der Waals surface area contributed by atoms with Gasteiger partial charge in [0.05, 0.1) is 17.0 Å². The van der Waals surface area contributed by atoms with Crippen molar-refractivity contribution in [3.8, 4) is 0 Å². The summed E-state index contributed by atoms with van der Waals surface area (Å²) in [5.41, 5.74) is 1.16. The van der Waals surface area contributed by atoms with Gasteiger partial charge in [0.25, 0.3) is 0 Å². The van der Waals surface area contributed by atoms with E-state index in [2.05, 4.69) is 17.3 Å². The summed E-state index contributed by atoms with van der Waals surface area (Å²) in [5.74, 6) is 0.362. The van der Waals surface area contributed by atoms with Gasteiger partial charge in [-0.05, 0) is 44.2 Å². The predicted octanol–water partition coefficient (Wildman–Crippen LogP) is 2.06. The van der Waals surface area contributed by atoms with E-state index in [1.807, 2.05) is 24.0 Å². The van der Waals surface area contributed by atoms with Crippen LogP contribution in [0.25, 0.3) is 0 Å². The van der Waals surface area contributed by atoms with Crippen LogP contribution in [0.2, 0.25) is 0 Å². The predicted molar refractivity (Wildman–Crippen MR) is 84.8 cm³/mol. The van der Waals surface area contributed by atoms with Crippen molar-refractivity contribution < 1.29 is 8.42 Å². The van der Waals surface area contributed by atoms with Gasteiger partial charge in [0, 0.05) is 19.5 Å². The fourth-order valence-corrected chi connectivity index (χ4v) is 4.57. The first-order valence-electron chi connectivity index (χ1n) is 7.83. The maximum absolute atomic E-state index is 11.9. The molecule has 1 aromatic heterocycles. The molecule has 2 rings (SSSR count). The number of aryl methyl sites for hydroxylation is 1. The first-order valence-corrected chi connectivity index (χ1v) is 9.79. The number of nitrogens with zero attached hydrogens (tertiary/aromatic N) is 2. The fourth-order valence-electron chi connectivity index (χ4n) is 3.37. The Morgan fingerprint density at radius 3 is 2.81 bits per heavy atom. The van der Waals surface area contributed by atoms with Crippen LogP contribution in [0.15, 0.2) is 12.3 Å². The first-order chi connectivity index (χ1) is 9.93. The van der Waals surface area contributed by atoms with Gasteiger partial charge in [-0.15, -0.1) is 0 Å². The minimum atomic E-state index is -2.94. The molecule has 0 amide bonds. The molecule has 1 aromatic rings. The van der Waals surface area contributed by atoms with E-state index in [0.717, 1.165) is 44.3 Å². The third-order valence-electron chi connectivity index (χ3n) is 4.54. The molecule has 1 aliphatic rings. The van der Waals surface area contributed by atoms with Crippen LogP contribution in [0.3, 0.4) is 0 Å². The van der Waals surface area contributed by atoms with Crippen LogP contribution in [-0.4, -0.2) is 36.2 Å². The number of hydrogen-bond acceptors (Lipinski definition) is 4. The fraction of sp³-hybridized carbons (Fsp3) is 0.800. The number of hydrogen-bond donors (Lipinski definition) is 1. The van der Waals surface area contributed by atoms with Crippen molar-refractivity contribution in [3.05, 3.63) is 18.0 Å². The molecule has 0 aromatic carbocycles. The van der Waals surface area contributed by atoms with Crippen molar-refractivity contribution in [1.82, 2.24) is 15.1 Å². The van der Waals surface area contributed by atoms with Gasteiger partial charge in [0.1, 0.15) is 9.84 Å². The molecule has 0 saturated heterocycles. The second-order valence-electron chi connectivity index (χ2n) is 6.19. The third kappa shape index (κ3) is 4.07. The van der Waals surface area contributed by atoms with Crippen LogP contribution in [0.4, 0.5) is 0 Å². The molecule has 3 unspecified atom stereocenters. The topological polar surface area (TPSA) is 64.0 Å². The van der Waals surface area contributed by atoms with Crippen molar-refractivity contribution in [2.75, 3.05) is 12.8 Å². The van der Waals surface area contributed by atoms with Crippen molar-refractivity contribution >= 4 is 9.84 Å². The molecule has 5 nitrogen and oxygen atoms in total. The van der Waals surface area contributed by atoms with Crippen LogP contribution < -0.4 is 5.32 Å². The summed E-state index contributed by atoms with van der Waals surface area (Å²) >= 11 is 0. The maximum Gasteiger partial charge on any atom is 0.150 e. The Balaban J connectivity index is 2.18. The lowest BCUT2D eigenvalue weighted by molar-refractivity contribution is 0.264. The van der Waals surface area contributed by atoms with Crippen LogP contribution in [-0.2, 0) is 16.9 Å². The molecule has 120 valence electrons. The second kappa shape index (κ2) is 6.92. The van der Waals surface area contributed by atoms with E-state index >= 15 is 0 Å². The summed E-state index contributed by atoms with van der Waals surface area (Å²) in [5, 5.41) is 7.68. The molecule has 6 heteroatoms. The molecule has 1 heterocycles. The minimum Gasteiger partial charge on any atom is -0.308 e. The summed E-state index contributed by atoms with van der Waals surface area (Å²) in [6.45, 7) is 3.09. The zero-order valence-corrected chi connectivity index (χ0v) is 14.1. The van der Waals surface area contributed by atoms with Crippen molar-refractivity contribution in [3.63, 3.8) is 0 Å². The van der Waals surface area contributed by atoms with Crippen LogP contribution in [0, 0.1) is 5.92 Å². The number of rotatable bonds is 6. The minimum absolute atomic E-state index is 0.185. The number of sulfone groups is 1. The van der Waals surface area contributed by atoms with Gasteiger partial charge in [-0.2, -0.15) is 5.10 Å². The Morgan fingerprint density at radius 1 is 1.48 bits per heavy atom. The lowest BCUT2D eigenvalue weighted by Crippen LogP contribution is -2.36. The Hall–Kier alpha value is -0.880. The Kier molecular flexibility index (Phi) is 5.43. The smallest absolute Gasteiger partial charge is 0.150 e. The normalized spacial score (nSPS) is 24.9. The third-order valence-corrected chi connectivity index (χ3v) is 6.17. The summed E-state index contributed by atoms with van der Waals surface area (Å²) in [4.78, 5) is 0. The molecule has 0 aliphatic heterocycles. The van der Waals surface area contributed by atoms with Crippen LogP contribution in [0.1, 0.15) is 50.8 Å². The SMILES string of the molecule is CCCNC(c1ccnn1C)C1CCCC(S(C)(=O)=O)C1. The van der Waals surface area contributed by atoms with Crippen molar-refractivity contribution in [1.29, 1.82) is 0 Å². The van der Waals surface area contributed by atoms with E-state index in [1.165, 1.54) is 6.26 Å². The monoisotopic (exact) mass is 313 g/mol. The summed E-state index contributed by atoms with van der Waals surface area (Å²) in [6, 6.07) is 2.24. The molecular weight excluding hydrogens is 286 g/mol. The molecule has 1 fully saturated rings. The second-order valence-corrected chi connectivity index (χ2v) is 8.52. The molecule has 1 N–H and O–H groups in total. The van der Waals surface area contributed by atoms with Gasteiger partial charge >= 0.3 is 0 Å². The maximum atomic E-state index is 11.9. The molecule has 0 spiro atoms. The van der Waals surface area contributed by atoms with Crippen molar-refractivity contribution in [2.24, 2.45) is 13.0 Å². The molecule has 21 heavy (non-hydrogen) atoms. The van der Waals surface area contributed by atoms with Gasteiger partial charge in [-0.3, -0.25) is 4.68 Å². The van der Waals surface area contributed by atoms with E-state index in [0.29, 0.717) is 5.92 Å². The van der Waals surface area contributed by atoms with E-state index in [1.54, 1.807) is 0 Å². The average molecular weight is 313 g/mol. The van der Waals surface area contributed by atoms with E-state index in [9.17, 15) is 8.42 Å². The highest BCUT2D eigenvalue weighted by Gasteiger charge is 2.34. The van der Waals surface area contributed by atoms with Crippen LogP contribution in [0.5, 0.6) is 0 Å². The number of aromatic nitrogens is 2. The lowest BCUT2D eigenvalue weighted by atomic mass is 9.82. The zero-order chi connectivity index (χ0) is 15.5. The van der Waals surface area contributed by atoms with E-state index in [4.69, 9.17) is 0 Å². The highest BCUT2D eigenvalue weighted by atomic mass is 32.2. The highest BCUT2D eigenvalue weighted by Crippen LogP contribution is 2.36. The largest absolute Gasteiger partial charge is 0.308 e. The molecule has 1 aliphatic carbocycles. The zero-order valence-electron chi connectivity index (χ0n) is 13.2. The summed E-state index contributed by atoms with van der Waals surface area (Å²) in [7, 11) is -0.991. The molecule has 1 saturated carbocycles. The van der Waals surface area contributed by atoms with Crippen molar-refractivity contribution in [2.45, 2.75) is 50.3 Å². The Morgan fingerprint density at radius 2 is 2.24 bits per heavy atom. The first kappa shape index (κ1) is 16.5. The molecule has 0 radical (unpaired) electrons. The van der Waals surface area contributed by atoms with Gasteiger partial charge in [0.15, 0.2) is 0 Å². The van der Waals surface area contributed by atoms with Crippen LogP contribution >= 0.6 is 0 Å². The van der Waals surface area contributed by atoms with Gasteiger partial charge in [-0.25, -0.2) is 8.42 Å². The Labute approximate surface area is 128 Å². The van der Waals surface area contributed by atoms with Gasteiger partial charge in [0.2, 0.25) is 0 Å². The quantitative estimate of drug-likeness (QED) is 0.873.